The first-order valence-corrected chi connectivity index (χ1v) is 26.2. The molecule has 1 aromatic heterocycles. The summed E-state index contributed by atoms with van der Waals surface area (Å²) in [6, 6.07) is 75.7. The van der Waals surface area contributed by atoms with Crippen molar-refractivity contribution in [1.82, 2.24) is 9.97 Å². The molecular formula is C69H54N2O. The second-order valence-corrected chi connectivity index (χ2v) is 22.1. The lowest BCUT2D eigenvalue weighted by molar-refractivity contribution is -0.0399. The van der Waals surface area contributed by atoms with Gasteiger partial charge in [0.05, 0.1) is 11.2 Å². The largest absolute Gasteiger partial charge is 0.457 e. The van der Waals surface area contributed by atoms with E-state index in [0.29, 0.717) is 11.8 Å². The summed E-state index contributed by atoms with van der Waals surface area (Å²) >= 11 is 0. The van der Waals surface area contributed by atoms with Crippen molar-refractivity contribution in [3.63, 3.8) is 0 Å². The molecule has 2 heterocycles. The summed E-state index contributed by atoms with van der Waals surface area (Å²) in [7, 11) is 0. The molecule has 0 unspecified atom stereocenters. The van der Waals surface area contributed by atoms with Crippen LogP contribution < -0.4 is 4.74 Å². The van der Waals surface area contributed by atoms with Crippen LogP contribution in [-0.2, 0) is 10.8 Å². The molecule has 6 aliphatic rings. The number of ether oxygens (including phenoxy) is 1. The smallest absolute Gasteiger partial charge is 0.160 e. The van der Waals surface area contributed by atoms with E-state index in [2.05, 4.69) is 220 Å². The highest BCUT2D eigenvalue weighted by molar-refractivity contribution is 6.00. The standard InChI is InChI=1S/C69H54N2O/c1-68(2)59-19-11-12-20-64(59)72-65-41-61-58(40-62(65)68)55-31-29-50(38-60(55)69(61)52-34-42-33-43(36-52)37-53(69)35-42)51-30-32-57-63(39-51)70-67(71-66(57)56-18-10-9-17-54(56)48-15-7-4-8-16-48)49-27-25-47(26-28-49)46-23-21-45(22-24-46)44-13-5-3-6-14-44/h3-32,38-43,52-53H,33-37H2,1-2H3. The Morgan fingerprint density at radius 1 is 0.375 bits per heavy atom. The molecule has 1 spiro atoms. The van der Waals surface area contributed by atoms with E-state index in [1.807, 2.05) is 0 Å². The zero-order valence-electron chi connectivity index (χ0n) is 40.8. The van der Waals surface area contributed by atoms with Crippen molar-refractivity contribution < 1.29 is 4.74 Å². The lowest BCUT2D eigenvalue weighted by atomic mass is 9.43. The second-order valence-electron chi connectivity index (χ2n) is 22.1. The summed E-state index contributed by atoms with van der Waals surface area (Å²) in [5.41, 5.74) is 21.7. The second kappa shape index (κ2) is 15.8. The van der Waals surface area contributed by atoms with Crippen LogP contribution in [0.5, 0.6) is 11.5 Å². The van der Waals surface area contributed by atoms with Crippen LogP contribution in [0.25, 0.3) is 89.2 Å². The molecule has 4 saturated carbocycles. The number of nitrogens with zero attached hydrogens (tertiary/aromatic N) is 2. The molecule has 1 aliphatic heterocycles. The van der Waals surface area contributed by atoms with E-state index in [9.17, 15) is 0 Å². The number of rotatable bonds is 6. The van der Waals surface area contributed by atoms with Crippen LogP contribution in [0.15, 0.2) is 206 Å². The van der Waals surface area contributed by atoms with Gasteiger partial charge in [-0.1, -0.05) is 184 Å². The summed E-state index contributed by atoms with van der Waals surface area (Å²) in [5.74, 6) is 5.72. The molecular weight excluding hydrogens is 873 g/mol. The highest BCUT2D eigenvalue weighted by Gasteiger charge is 2.62. The van der Waals surface area contributed by atoms with Crippen LogP contribution in [0.1, 0.15) is 68.2 Å². The Hall–Kier alpha value is -7.88. The third-order valence-corrected chi connectivity index (χ3v) is 18.0. The molecule has 3 heteroatoms. The predicted molar refractivity (Wildman–Crippen MR) is 294 cm³/mol. The molecule has 0 saturated heterocycles. The van der Waals surface area contributed by atoms with Gasteiger partial charge in [-0.2, -0.15) is 0 Å². The number of aromatic nitrogens is 2. The van der Waals surface area contributed by atoms with Gasteiger partial charge in [0.25, 0.3) is 0 Å². The van der Waals surface area contributed by atoms with Crippen molar-refractivity contribution in [3.05, 3.63) is 229 Å². The molecule has 4 fully saturated rings. The maximum absolute atomic E-state index is 6.90. The molecule has 4 bridgehead atoms. The fourth-order valence-electron chi connectivity index (χ4n) is 14.8. The van der Waals surface area contributed by atoms with Crippen molar-refractivity contribution in [1.29, 1.82) is 0 Å². The lowest BCUT2D eigenvalue weighted by Crippen LogP contribution is -2.55. The van der Waals surface area contributed by atoms with Gasteiger partial charge in [-0.3, -0.25) is 0 Å². The minimum Gasteiger partial charge on any atom is -0.457 e. The molecule has 3 nitrogen and oxygen atoms in total. The van der Waals surface area contributed by atoms with Gasteiger partial charge in [0, 0.05) is 38.5 Å². The topological polar surface area (TPSA) is 35.0 Å². The zero-order valence-corrected chi connectivity index (χ0v) is 40.8. The normalized spacial score (nSPS) is 21.5. The Morgan fingerprint density at radius 2 is 0.917 bits per heavy atom. The molecule has 0 atom stereocenters. The summed E-state index contributed by atoms with van der Waals surface area (Å²) in [4.78, 5) is 10.9. The van der Waals surface area contributed by atoms with Crippen LogP contribution in [0.3, 0.4) is 0 Å². The Labute approximate surface area is 422 Å². The van der Waals surface area contributed by atoms with Gasteiger partial charge in [0.1, 0.15) is 11.5 Å². The SMILES string of the molecule is CC1(C)c2ccccc2Oc2cc3c(cc21)-c1ccc(-c2ccc4c(-c5ccccc5-c5ccccc5)nc(-c5ccc(-c6ccc(-c7ccccc7)cc6)cc5)nc4c2)cc1C31C2CC3CC(C2)CC1C3. The first-order valence-electron chi connectivity index (χ1n) is 26.2. The zero-order chi connectivity index (χ0) is 47.7. The van der Waals surface area contributed by atoms with Crippen LogP contribution in [0.2, 0.25) is 0 Å². The lowest BCUT2D eigenvalue weighted by Gasteiger charge is -2.61. The third kappa shape index (κ3) is 6.29. The molecule has 0 radical (unpaired) electrons. The molecule has 0 N–H and O–H groups in total. The van der Waals surface area contributed by atoms with Crippen LogP contribution in [-0.4, -0.2) is 9.97 Å². The van der Waals surface area contributed by atoms with Gasteiger partial charge in [-0.15, -0.1) is 0 Å². The molecule has 16 rings (SSSR count). The van der Waals surface area contributed by atoms with Gasteiger partial charge in [0.2, 0.25) is 0 Å². The van der Waals surface area contributed by atoms with E-state index in [-0.39, 0.29) is 10.8 Å². The number of benzene rings is 9. The third-order valence-electron chi connectivity index (χ3n) is 18.0. The summed E-state index contributed by atoms with van der Waals surface area (Å²) in [6.45, 7) is 4.75. The van der Waals surface area contributed by atoms with E-state index in [1.165, 1.54) is 98.9 Å². The Balaban J connectivity index is 0.870. The Kier molecular flexibility index (Phi) is 9.19. The first-order chi connectivity index (χ1) is 35.4. The van der Waals surface area contributed by atoms with Crippen molar-refractivity contribution in [3.8, 4) is 89.8 Å². The summed E-state index contributed by atoms with van der Waals surface area (Å²) in [6.07, 6.45) is 6.73. The maximum atomic E-state index is 6.90. The fourth-order valence-corrected chi connectivity index (χ4v) is 14.8. The highest BCUT2D eigenvalue weighted by atomic mass is 16.5. The van der Waals surface area contributed by atoms with Crippen molar-refractivity contribution in [2.24, 2.45) is 23.7 Å². The van der Waals surface area contributed by atoms with Crippen LogP contribution >= 0.6 is 0 Å². The van der Waals surface area contributed by atoms with Crippen LogP contribution in [0, 0.1) is 23.7 Å². The van der Waals surface area contributed by atoms with Gasteiger partial charge in [-0.05, 0) is 159 Å². The van der Waals surface area contributed by atoms with E-state index >= 15 is 0 Å². The number of hydrogen-bond acceptors (Lipinski definition) is 3. The van der Waals surface area contributed by atoms with Crippen molar-refractivity contribution in [2.45, 2.75) is 56.8 Å². The highest BCUT2D eigenvalue weighted by Crippen LogP contribution is 2.70. The van der Waals surface area contributed by atoms with Crippen LogP contribution in [0.4, 0.5) is 0 Å². The molecule has 72 heavy (non-hydrogen) atoms. The van der Waals surface area contributed by atoms with Gasteiger partial charge < -0.3 is 4.74 Å². The molecule has 10 aromatic rings. The first kappa shape index (κ1) is 41.9. The van der Waals surface area contributed by atoms with E-state index in [1.54, 1.807) is 0 Å². The van der Waals surface area contributed by atoms with Crippen molar-refractivity contribution in [2.75, 3.05) is 0 Å². The molecule has 9 aromatic carbocycles. The maximum Gasteiger partial charge on any atom is 0.160 e. The molecule has 346 valence electrons. The number of hydrogen-bond donors (Lipinski definition) is 0. The minimum atomic E-state index is -0.178. The minimum absolute atomic E-state index is 0.0236. The quantitative estimate of drug-likeness (QED) is 0.167. The average Bonchev–Trinajstić information content (AvgIpc) is 3.71. The average molecular weight is 927 g/mol. The Morgan fingerprint density at radius 3 is 1.61 bits per heavy atom. The number of fused-ring (bicyclic) bond motifs is 6. The van der Waals surface area contributed by atoms with Gasteiger partial charge in [-0.25, -0.2) is 9.97 Å². The molecule has 5 aliphatic carbocycles. The fraction of sp³-hybridized carbons (Fsp3) is 0.188. The van der Waals surface area contributed by atoms with E-state index < -0.39 is 0 Å². The van der Waals surface area contributed by atoms with E-state index in [0.717, 1.165) is 68.0 Å². The van der Waals surface area contributed by atoms with Crippen molar-refractivity contribution >= 4 is 10.9 Å². The van der Waals surface area contributed by atoms with Gasteiger partial charge >= 0.3 is 0 Å². The Bertz CT molecular complexity index is 3770. The predicted octanol–water partition coefficient (Wildman–Crippen LogP) is 17.8. The summed E-state index contributed by atoms with van der Waals surface area (Å²) in [5, 5.41) is 1.04. The van der Waals surface area contributed by atoms with E-state index in [4.69, 9.17) is 14.7 Å². The summed E-state index contributed by atoms with van der Waals surface area (Å²) < 4.78 is 6.90. The number of para-hydroxylation sites is 1. The molecule has 0 amide bonds. The monoisotopic (exact) mass is 926 g/mol. The van der Waals surface area contributed by atoms with Gasteiger partial charge in [0.15, 0.2) is 5.82 Å².